The second-order valence-electron chi connectivity index (χ2n) is 4.55. The molecule has 5 nitrogen and oxygen atoms in total. The maximum Gasteiger partial charge on any atom is 0.237 e. The Morgan fingerprint density at radius 2 is 2.19 bits per heavy atom. The largest absolute Gasteiger partial charge is 0.354 e. The standard InChI is InChI=1S/C11H19N3O2/c15-10-5-4-8(7-13-10)14-11(16)9-3-1-2-6-12-9/h8-9,12H,1-7H2,(H,13,15)(H,14,16)/t8?,9-/m1/s1. The van der Waals surface area contributed by atoms with Gasteiger partial charge in [-0.2, -0.15) is 0 Å². The van der Waals surface area contributed by atoms with Crippen LogP contribution in [0.4, 0.5) is 0 Å². The molecule has 2 heterocycles. The molecule has 3 N–H and O–H groups in total. The molecule has 2 fully saturated rings. The van der Waals surface area contributed by atoms with Crippen LogP contribution >= 0.6 is 0 Å². The van der Waals surface area contributed by atoms with Crippen molar-refractivity contribution in [3.05, 3.63) is 0 Å². The van der Waals surface area contributed by atoms with Gasteiger partial charge >= 0.3 is 0 Å². The average Bonchev–Trinajstić information content (AvgIpc) is 2.33. The van der Waals surface area contributed by atoms with E-state index in [9.17, 15) is 9.59 Å². The van der Waals surface area contributed by atoms with Gasteiger partial charge in [-0.15, -0.1) is 0 Å². The number of nitrogens with one attached hydrogen (secondary N) is 3. The van der Waals surface area contributed by atoms with Crippen LogP contribution in [0.3, 0.4) is 0 Å². The predicted octanol–water partition coefficient (Wildman–Crippen LogP) is -0.477. The maximum absolute atomic E-state index is 11.9. The summed E-state index contributed by atoms with van der Waals surface area (Å²) >= 11 is 0. The van der Waals surface area contributed by atoms with Gasteiger partial charge in [-0.05, 0) is 25.8 Å². The third-order valence-corrected chi connectivity index (χ3v) is 3.24. The van der Waals surface area contributed by atoms with Crippen molar-refractivity contribution in [2.75, 3.05) is 13.1 Å². The van der Waals surface area contributed by atoms with Gasteiger partial charge in [0.2, 0.25) is 11.8 Å². The van der Waals surface area contributed by atoms with Gasteiger partial charge in [0.05, 0.1) is 6.04 Å². The number of carbonyl (C=O) groups excluding carboxylic acids is 2. The molecule has 2 amide bonds. The molecule has 2 aliphatic rings. The van der Waals surface area contributed by atoms with Crippen LogP contribution in [0.25, 0.3) is 0 Å². The number of rotatable bonds is 2. The molecule has 0 aromatic rings. The van der Waals surface area contributed by atoms with Gasteiger partial charge in [-0.3, -0.25) is 9.59 Å². The van der Waals surface area contributed by atoms with Gasteiger partial charge in [-0.25, -0.2) is 0 Å². The summed E-state index contributed by atoms with van der Waals surface area (Å²) in [5, 5.41) is 8.98. The molecule has 2 rings (SSSR count). The highest BCUT2D eigenvalue weighted by atomic mass is 16.2. The summed E-state index contributed by atoms with van der Waals surface area (Å²) in [5.41, 5.74) is 0. The Hall–Kier alpha value is -1.10. The van der Waals surface area contributed by atoms with Crippen molar-refractivity contribution in [2.24, 2.45) is 0 Å². The van der Waals surface area contributed by atoms with Crippen molar-refractivity contribution in [3.8, 4) is 0 Å². The second kappa shape index (κ2) is 5.30. The van der Waals surface area contributed by atoms with Crippen LogP contribution in [0, 0.1) is 0 Å². The van der Waals surface area contributed by atoms with E-state index in [-0.39, 0.29) is 23.9 Å². The van der Waals surface area contributed by atoms with Crippen molar-refractivity contribution >= 4 is 11.8 Å². The first kappa shape index (κ1) is 11.4. The van der Waals surface area contributed by atoms with Crippen LogP contribution in [0.15, 0.2) is 0 Å². The van der Waals surface area contributed by atoms with Gasteiger partial charge in [-0.1, -0.05) is 6.42 Å². The van der Waals surface area contributed by atoms with Crippen LogP contribution in [-0.4, -0.2) is 37.0 Å². The first-order chi connectivity index (χ1) is 7.75. The molecule has 0 aromatic carbocycles. The zero-order valence-electron chi connectivity index (χ0n) is 9.42. The minimum absolute atomic E-state index is 0.0358. The van der Waals surface area contributed by atoms with Crippen molar-refractivity contribution in [1.29, 1.82) is 0 Å². The minimum Gasteiger partial charge on any atom is -0.354 e. The highest BCUT2D eigenvalue weighted by Crippen LogP contribution is 2.08. The third kappa shape index (κ3) is 2.95. The molecule has 90 valence electrons. The van der Waals surface area contributed by atoms with E-state index in [4.69, 9.17) is 0 Å². The van der Waals surface area contributed by atoms with Gasteiger partial charge in [0.1, 0.15) is 0 Å². The van der Waals surface area contributed by atoms with E-state index < -0.39 is 0 Å². The van der Waals surface area contributed by atoms with Gasteiger partial charge in [0.25, 0.3) is 0 Å². The van der Waals surface area contributed by atoms with Crippen LogP contribution in [-0.2, 0) is 9.59 Å². The van der Waals surface area contributed by atoms with Crippen LogP contribution in [0.1, 0.15) is 32.1 Å². The summed E-state index contributed by atoms with van der Waals surface area (Å²) in [6.07, 6.45) is 4.47. The number of amides is 2. The summed E-state index contributed by atoms with van der Waals surface area (Å²) in [5.74, 6) is 0.169. The quantitative estimate of drug-likeness (QED) is 0.594. The molecule has 0 aliphatic carbocycles. The number of hydrogen-bond acceptors (Lipinski definition) is 3. The molecule has 5 heteroatoms. The van der Waals surface area contributed by atoms with E-state index in [1.165, 1.54) is 0 Å². The molecule has 0 spiro atoms. The van der Waals surface area contributed by atoms with Crippen LogP contribution < -0.4 is 16.0 Å². The molecule has 2 saturated heterocycles. The van der Waals surface area contributed by atoms with E-state index in [0.717, 1.165) is 32.2 Å². The zero-order valence-corrected chi connectivity index (χ0v) is 9.42. The van der Waals surface area contributed by atoms with E-state index >= 15 is 0 Å². The Kier molecular flexibility index (Phi) is 3.77. The summed E-state index contributed by atoms with van der Waals surface area (Å²) in [4.78, 5) is 22.8. The SMILES string of the molecule is O=C1CCC(NC(=O)[C@H]2CCCCN2)CN1. The van der Waals surface area contributed by atoms with E-state index in [1.807, 2.05) is 0 Å². The second-order valence-corrected chi connectivity index (χ2v) is 4.55. The molecular formula is C11H19N3O2. The summed E-state index contributed by atoms with van der Waals surface area (Å²) in [7, 11) is 0. The molecule has 0 aromatic heterocycles. The fourth-order valence-electron chi connectivity index (χ4n) is 2.23. The van der Waals surface area contributed by atoms with Crippen molar-refractivity contribution in [3.63, 3.8) is 0 Å². The van der Waals surface area contributed by atoms with Crippen LogP contribution in [0.5, 0.6) is 0 Å². The van der Waals surface area contributed by atoms with Gasteiger partial charge < -0.3 is 16.0 Å². The molecule has 2 aliphatic heterocycles. The smallest absolute Gasteiger partial charge is 0.237 e. The van der Waals surface area contributed by atoms with Crippen molar-refractivity contribution in [1.82, 2.24) is 16.0 Å². The fourth-order valence-corrected chi connectivity index (χ4v) is 2.23. The Bertz CT molecular complexity index is 264. The Balaban J connectivity index is 1.75. The number of carbonyl (C=O) groups is 2. The topological polar surface area (TPSA) is 70.2 Å². The predicted molar refractivity (Wildman–Crippen MR) is 59.8 cm³/mol. The number of hydrogen-bond donors (Lipinski definition) is 3. The van der Waals surface area contributed by atoms with E-state index in [0.29, 0.717) is 13.0 Å². The maximum atomic E-state index is 11.9. The Morgan fingerprint density at radius 1 is 1.31 bits per heavy atom. The normalized spacial score (nSPS) is 30.6. The molecule has 0 bridgehead atoms. The molecule has 16 heavy (non-hydrogen) atoms. The molecular weight excluding hydrogens is 206 g/mol. The first-order valence-corrected chi connectivity index (χ1v) is 6.06. The van der Waals surface area contributed by atoms with Crippen molar-refractivity contribution in [2.45, 2.75) is 44.2 Å². The van der Waals surface area contributed by atoms with Gasteiger partial charge in [0.15, 0.2) is 0 Å². The van der Waals surface area contributed by atoms with E-state index in [1.54, 1.807) is 0 Å². The van der Waals surface area contributed by atoms with Crippen LogP contribution in [0.2, 0.25) is 0 Å². The highest BCUT2D eigenvalue weighted by molar-refractivity contribution is 5.82. The van der Waals surface area contributed by atoms with Crippen molar-refractivity contribution < 1.29 is 9.59 Å². The highest BCUT2D eigenvalue weighted by Gasteiger charge is 2.25. The molecule has 2 atom stereocenters. The van der Waals surface area contributed by atoms with E-state index in [2.05, 4.69) is 16.0 Å². The lowest BCUT2D eigenvalue weighted by Crippen LogP contribution is -2.53. The minimum atomic E-state index is -0.0358. The lowest BCUT2D eigenvalue weighted by Gasteiger charge is -2.28. The Labute approximate surface area is 95.3 Å². The monoisotopic (exact) mass is 225 g/mol. The molecule has 1 unspecified atom stereocenters. The fraction of sp³-hybridized carbons (Fsp3) is 0.818. The number of piperidine rings is 2. The summed E-state index contributed by atoms with van der Waals surface area (Å²) in [6, 6.07) is 0.0697. The zero-order chi connectivity index (χ0) is 11.4. The molecule has 0 radical (unpaired) electrons. The first-order valence-electron chi connectivity index (χ1n) is 6.06. The lowest BCUT2D eigenvalue weighted by molar-refractivity contribution is -0.127. The molecule has 0 saturated carbocycles. The Morgan fingerprint density at radius 3 is 2.81 bits per heavy atom. The average molecular weight is 225 g/mol. The lowest BCUT2D eigenvalue weighted by atomic mass is 10.0. The van der Waals surface area contributed by atoms with Gasteiger partial charge in [0, 0.05) is 19.0 Å². The third-order valence-electron chi connectivity index (χ3n) is 3.24. The summed E-state index contributed by atoms with van der Waals surface area (Å²) < 4.78 is 0. The summed E-state index contributed by atoms with van der Waals surface area (Å²) in [6.45, 7) is 1.50.